The molecule has 6 heteroatoms. The van der Waals surface area contributed by atoms with E-state index < -0.39 is 0 Å². The number of carbonyl (C=O) groups is 1. The fourth-order valence-electron chi connectivity index (χ4n) is 1.61. The minimum Gasteiger partial charge on any atom is -0.394 e. The summed E-state index contributed by atoms with van der Waals surface area (Å²) in [5.74, 6) is -0.256. The molecule has 1 atom stereocenters. The first-order valence-corrected chi connectivity index (χ1v) is 6.49. The van der Waals surface area contributed by atoms with E-state index in [0.717, 1.165) is 6.42 Å². The minimum absolute atomic E-state index is 0.121. The van der Waals surface area contributed by atoms with Crippen LogP contribution in [0.25, 0.3) is 0 Å². The monoisotopic (exact) mass is 267 g/mol. The number of hydrogen-bond donors (Lipinski definition) is 2. The van der Waals surface area contributed by atoms with Gasteiger partial charge in [-0.2, -0.15) is 5.10 Å². The van der Waals surface area contributed by atoms with Crippen LogP contribution in [0.4, 0.5) is 0 Å². The van der Waals surface area contributed by atoms with Gasteiger partial charge in [-0.3, -0.25) is 9.59 Å². The maximum atomic E-state index is 12.0. The van der Waals surface area contributed by atoms with Crippen LogP contribution in [0.5, 0.6) is 0 Å². The second-order valence-corrected chi connectivity index (χ2v) is 4.79. The van der Waals surface area contributed by atoms with Gasteiger partial charge in [-0.05, 0) is 18.4 Å². The maximum Gasteiger partial charge on any atom is 0.272 e. The normalized spacial score (nSPS) is 12.5. The third kappa shape index (κ3) is 4.17. The number of aliphatic hydroxyl groups excluding tert-OH is 1. The Bertz CT molecular complexity index is 482. The maximum absolute atomic E-state index is 12.0. The number of aliphatic hydroxyl groups is 1. The highest BCUT2D eigenvalue weighted by Crippen LogP contribution is 2.02. The number of aryl methyl sites for hydroxylation is 1. The van der Waals surface area contributed by atoms with Crippen LogP contribution in [0.15, 0.2) is 16.9 Å². The summed E-state index contributed by atoms with van der Waals surface area (Å²) in [6.07, 6.45) is 0.767. The smallest absolute Gasteiger partial charge is 0.272 e. The van der Waals surface area contributed by atoms with Gasteiger partial charge in [-0.15, -0.1) is 0 Å². The highest BCUT2D eigenvalue weighted by molar-refractivity contribution is 5.92. The molecule has 0 aliphatic heterocycles. The highest BCUT2D eigenvalue weighted by atomic mass is 16.3. The summed E-state index contributed by atoms with van der Waals surface area (Å²) in [7, 11) is 0. The van der Waals surface area contributed by atoms with Crippen LogP contribution >= 0.6 is 0 Å². The van der Waals surface area contributed by atoms with Crippen LogP contribution in [0.3, 0.4) is 0 Å². The van der Waals surface area contributed by atoms with Crippen molar-refractivity contribution in [1.29, 1.82) is 0 Å². The van der Waals surface area contributed by atoms with E-state index in [0.29, 0.717) is 6.54 Å². The van der Waals surface area contributed by atoms with Crippen LogP contribution in [0, 0.1) is 5.92 Å². The molecule has 19 heavy (non-hydrogen) atoms. The van der Waals surface area contributed by atoms with Crippen LogP contribution in [-0.4, -0.2) is 33.4 Å². The van der Waals surface area contributed by atoms with Gasteiger partial charge in [0, 0.05) is 12.6 Å². The molecule has 0 bridgehead atoms. The van der Waals surface area contributed by atoms with Crippen LogP contribution in [-0.2, 0) is 6.54 Å². The molecule has 1 heterocycles. The number of nitrogens with one attached hydrogen (secondary N) is 1. The summed E-state index contributed by atoms with van der Waals surface area (Å²) in [6, 6.07) is 2.42. The van der Waals surface area contributed by atoms with E-state index in [-0.39, 0.29) is 35.7 Å². The molecule has 0 spiro atoms. The molecule has 0 aliphatic carbocycles. The zero-order valence-electron chi connectivity index (χ0n) is 11.6. The van der Waals surface area contributed by atoms with E-state index >= 15 is 0 Å². The lowest BCUT2D eigenvalue weighted by atomic mass is 10.1. The average Bonchev–Trinajstić information content (AvgIpc) is 2.38. The molecule has 0 aliphatic rings. The zero-order valence-corrected chi connectivity index (χ0v) is 11.6. The van der Waals surface area contributed by atoms with Crippen molar-refractivity contribution >= 4 is 5.91 Å². The molecule has 1 aromatic heterocycles. The standard InChI is InChI=1S/C13H21N3O3/c1-4-7-16-12(18)6-5-10(15-16)13(19)14-11(8-17)9(2)3/h5-6,9,11,17H,4,7-8H2,1-3H3,(H,14,19). The molecule has 0 radical (unpaired) electrons. The second kappa shape index (κ2) is 7.04. The molecular weight excluding hydrogens is 246 g/mol. The van der Waals surface area contributed by atoms with Crippen LogP contribution in [0.1, 0.15) is 37.7 Å². The van der Waals surface area contributed by atoms with Gasteiger partial charge >= 0.3 is 0 Å². The van der Waals surface area contributed by atoms with E-state index in [4.69, 9.17) is 0 Å². The van der Waals surface area contributed by atoms with Gasteiger partial charge in [0.2, 0.25) is 0 Å². The number of amides is 1. The molecule has 106 valence electrons. The molecule has 2 N–H and O–H groups in total. The van der Waals surface area contributed by atoms with Gasteiger partial charge in [-0.25, -0.2) is 4.68 Å². The highest BCUT2D eigenvalue weighted by Gasteiger charge is 2.17. The number of carbonyl (C=O) groups excluding carboxylic acids is 1. The SMILES string of the molecule is CCCn1nc(C(=O)NC(CO)C(C)C)ccc1=O. The molecule has 1 aromatic rings. The Morgan fingerprint density at radius 3 is 2.68 bits per heavy atom. The van der Waals surface area contributed by atoms with Crippen molar-refractivity contribution in [3.8, 4) is 0 Å². The van der Waals surface area contributed by atoms with Crippen molar-refractivity contribution in [3.63, 3.8) is 0 Å². The van der Waals surface area contributed by atoms with Crippen LogP contribution < -0.4 is 10.9 Å². The first kappa shape index (κ1) is 15.4. The van der Waals surface area contributed by atoms with E-state index in [2.05, 4.69) is 10.4 Å². The molecule has 0 aromatic carbocycles. The molecule has 0 fully saturated rings. The van der Waals surface area contributed by atoms with Crippen molar-refractivity contribution in [3.05, 3.63) is 28.2 Å². The third-order valence-electron chi connectivity index (χ3n) is 2.85. The van der Waals surface area contributed by atoms with Crippen molar-refractivity contribution in [2.24, 2.45) is 5.92 Å². The average molecular weight is 267 g/mol. The summed E-state index contributed by atoms with van der Waals surface area (Å²) < 4.78 is 1.28. The Hall–Kier alpha value is -1.69. The summed E-state index contributed by atoms with van der Waals surface area (Å²) in [5.41, 5.74) is -0.0342. The van der Waals surface area contributed by atoms with E-state index in [9.17, 15) is 14.7 Å². The summed E-state index contributed by atoms with van der Waals surface area (Å²) >= 11 is 0. The number of hydrogen-bond acceptors (Lipinski definition) is 4. The van der Waals surface area contributed by atoms with E-state index in [1.807, 2.05) is 20.8 Å². The van der Waals surface area contributed by atoms with E-state index in [1.165, 1.54) is 16.8 Å². The van der Waals surface area contributed by atoms with E-state index in [1.54, 1.807) is 0 Å². The quantitative estimate of drug-likeness (QED) is 0.781. The number of nitrogens with zero attached hydrogens (tertiary/aromatic N) is 2. The van der Waals surface area contributed by atoms with Gasteiger partial charge in [-0.1, -0.05) is 20.8 Å². The largest absolute Gasteiger partial charge is 0.394 e. The number of aromatic nitrogens is 2. The molecule has 0 saturated heterocycles. The van der Waals surface area contributed by atoms with Gasteiger partial charge < -0.3 is 10.4 Å². The minimum atomic E-state index is -0.377. The summed E-state index contributed by atoms with van der Waals surface area (Å²) in [5, 5.41) is 15.9. The molecule has 0 saturated carbocycles. The van der Waals surface area contributed by atoms with Crippen molar-refractivity contribution in [2.75, 3.05) is 6.61 Å². The third-order valence-corrected chi connectivity index (χ3v) is 2.85. The molecule has 1 rings (SSSR count). The lowest BCUT2D eigenvalue weighted by Crippen LogP contribution is -2.42. The Morgan fingerprint density at radius 2 is 2.16 bits per heavy atom. The first-order chi connectivity index (χ1) is 8.99. The second-order valence-electron chi connectivity index (χ2n) is 4.79. The summed E-state index contributed by atoms with van der Waals surface area (Å²) in [4.78, 5) is 23.5. The van der Waals surface area contributed by atoms with Gasteiger partial charge in [0.1, 0.15) is 5.69 Å². The van der Waals surface area contributed by atoms with Crippen molar-refractivity contribution in [2.45, 2.75) is 39.8 Å². The predicted octanol–water partition coefficient (Wildman–Crippen LogP) is 0.400. The molecule has 1 amide bonds. The molecule has 6 nitrogen and oxygen atoms in total. The van der Waals surface area contributed by atoms with Gasteiger partial charge in [0.15, 0.2) is 0 Å². The van der Waals surface area contributed by atoms with Gasteiger partial charge in [0.05, 0.1) is 12.6 Å². The van der Waals surface area contributed by atoms with Crippen molar-refractivity contribution in [1.82, 2.24) is 15.1 Å². The molecular formula is C13H21N3O3. The summed E-state index contributed by atoms with van der Waals surface area (Å²) in [6.45, 7) is 6.10. The fraction of sp³-hybridized carbons (Fsp3) is 0.615. The Balaban J connectivity index is 2.88. The van der Waals surface area contributed by atoms with Crippen LogP contribution in [0.2, 0.25) is 0 Å². The lowest BCUT2D eigenvalue weighted by molar-refractivity contribution is 0.0889. The lowest BCUT2D eigenvalue weighted by Gasteiger charge is -2.19. The Labute approximate surface area is 112 Å². The predicted molar refractivity (Wildman–Crippen MR) is 72.0 cm³/mol. The Kier molecular flexibility index (Phi) is 5.69. The fourth-order valence-corrected chi connectivity index (χ4v) is 1.61. The number of rotatable bonds is 6. The topological polar surface area (TPSA) is 84.2 Å². The zero-order chi connectivity index (χ0) is 14.4. The first-order valence-electron chi connectivity index (χ1n) is 6.49. The Morgan fingerprint density at radius 1 is 1.47 bits per heavy atom. The molecule has 1 unspecified atom stereocenters. The van der Waals surface area contributed by atoms with Crippen molar-refractivity contribution < 1.29 is 9.90 Å². The van der Waals surface area contributed by atoms with Gasteiger partial charge in [0.25, 0.3) is 11.5 Å².